The molecule has 0 saturated heterocycles. The first-order valence-electron chi connectivity index (χ1n) is 10.6. The monoisotopic (exact) mass is 390 g/mol. The summed E-state index contributed by atoms with van der Waals surface area (Å²) >= 11 is 0. The predicted octanol–water partition coefficient (Wildman–Crippen LogP) is 7.37. The van der Waals surface area contributed by atoms with Crippen molar-refractivity contribution in [2.75, 3.05) is 0 Å². The molecule has 6 rings (SSSR count). The second-order valence-corrected chi connectivity index (χ2v) is 8.02. The highest BCUT2D eigenvalue weighted by atomic mass is 16.7. The maximum atomic E-state index is 6.63. The Morgan fingerprint density at radius 1 is 0.700 bits per heavy atom. The van der Waals surface area contributed by atoms with E-state index in [0.717, 1.165) is 41.0 Å². The molecule has 1 spiro atoms. The lowest BCUT2D eigenvalue weighted by Gasteiger charge is -2.40. The van der Waals surface area contributed by atoms with E-state index in [4.69, 9.17) is 9.47 Å². The van der Waals surface area contributed by atoms with Crippen molar-refractivity contribution in [2.45, 2.75) is 25.6 Å². The standard InChI is InChI=1S/C28H22O2/c1-2-7-21-18-25-23-11-6-4-9-20(23)13-15-27(25)30-28(21)17-16-24-22-10-5-3-8-19(22)12-14-26(24)29-28/h3-6,8-18H,2,7H2,1H3. The largest absolute Gasteiger partial charge is 0.444 e. The molecule has 2 heteroatoms. The van der Waals surface area contributed by atoms with Crippen molar-refractivity contribution in [3.63, 3.8) is 0 Å². The van der Waals surface area contributed by atoms with Gasteiger partial charge in [0.2, 0.25) is 0 Å². The average molecular weight is 390 g/mol. The van der Waals surface area contributed by atoms with Crippen LogP contribution in [0.15, 0.2) is 84.4 Å². The zero-order chi connectivity index (χ0) is 20.1. The van der Waals surface area contributed by atoms with E-state index in [-0.39, 0.29) is 0 Å². The van der Waals surface area contributed by atoms with Crippen LogP contribution in [0.25, 0.3) is 33.7 Å². The molecular weight excluding hydrogens is 368 g/mol. The van der Waals surface area contributed by atoms with Crippen LogP contribution in [0.4, 0.5) is 0 Å². The fourth-order valence-electron chi connectivity index (χ4n) is 4.69. The molecule has 2 heterocycles. The minimum Gasteiger partial charge on any atom is -0.444 e. The van der Waals surface area contributed by atoms with E-state index in [1.54, 1.807) is 0 Å². The number of benzene rings is 4. The van der Waals surface area contributed by atoms with Gasteiger partial charge >= 0.3 is 0 Å². The van der Waals surface area contributed by atoms with E-state index in [9.17, 15) is 0 Å². The minimum atomic E-state index is -0.888. The Hall–Kier alpha value is -3.52. The molecule has 0 fully saturated rings. The summed E-state index contributed by atoms with van der Waals surface area (Å²) in [6, 6.07) is 25.2. The van der Waals surface area contributed by atoms with Crippen LogP contribution in [0.5, 0.6) is 11.5 Å². The third-order valence-electron chi connectivity index (χ3n) is 6.14. The molecule has 2 nitrogen and oxygen atoms in total. The summed E-state index contributed by atoms with van der Waals surface area (Å²) in [5.41, 5.74) is 3.41. The fraction of sp³-hybridized carbons (Fsp3) is 0.143. The lowest BCUT2D eigenvalue weighted by Crippen LogP contribution is -2.45. The summed E-state index contributed by atoms with van der Waals surface area (Å²) < 4.78 is 13.3. The van der Waals surface area contributed by atoms with Gasteiger partial charge in [0.1, 0.15) is 11.5 Å². The van der Waals surface area contributed by atoms with E-state index >= 15 is 0 Å². The van der Waals surface area contributed by atoms with Gasteiger partial charge in [0, 0.05) is 22.8 Å². The highest BCUT2D eigenvalue weighted by Crippen LogP contribution is 2.46. The molecule has 2 aliphatic heterocycles. The molecule has 0 radical (unpaired) electrons. The first-order valence-corrected chi connectivity index (χ1v) is 10.6. The van der Waals surface area contributed by atoms with Crippen LogP contribution in [0.2, 0.25) is 0 Å². The molecule has 0 aliphatic carbocycles. The minimum absolute atomic E-state index is 0.863. The number of ether oxygens (including phenoxy) is 2. The summed E-state index contributed by atoms with van der Waals surface area (Å²) in [6.45, 7) is 2.20. The van der Waals surface area contributed by atoms with Gasteiger partial charge < -0.3 is 9.47 Å². The van der Waals surface area contributed by atoms with Gasteiger partial charge in [0.15, 0.2) is 0 Å². The maximum absolute atomic E-state index is 6.63. The van der Waals surface area contributed by atoms with Gasteiger partial charge in [-0.05, 0) is 52.3 Å². The second-order valence-electron chi connectivity index (χ2n) is 8.02. The fourth-order valence-corrected chi connectivity index (χ4v) is 4.69. The van der Waals surface area contributed by atoms with Gasteiger partial charge in [-0.25, -0.2) is 0 Å². The van der Waals surface area contributed by atoms with Gasteiger partial charge in [-0.15, -0.1) is 0 Å². The van der Waals surface area contributed by atoms with Crippen molar-refractivity contribution in [1.82, 2.24) is 0 Å². The molecular formula is C28H22O2. The summed E-state index contributed by atoms with van der Waals surface area (Å²) in [5, 5.41) is 4.85. The number of fused-ring (bicyclic) bond motifs is 6. The topological polar surface area (TPSA) is 18.5 Å². The summed E-state index contributed by atoms with van der Waals surface area (Å²) in [6.07, 6.45) is 8.47. The molecule has 146 valence electrons. The molecule has 0 saturated carbocycles. The maximum Gasteiger partial charge on any atom is 0.294 e. The van der Waals surface area contributed by atoms with Crippen LogP contribution in [0, 0.1) is 0 Å². The molecule has 0 bridgehead atoms. The van der Waals surface area contributed by atoms with Gasteiger partial charge in [0.05, 0.1) is 0 Å². The predicted molar refractivity (Wildman–Crippen MR) is 124 cm³/mol. The van der Waals surface area contributed by atoms with Crippen LogP contribution in [0.1, 0.15) is 30.9 Å². The Balaban J connectivity index is 1.52. The molecule has 1 unspecified atom stereocenters. The Kier molecular flexibility index (Phi) is 3.76. The van der Waals surface area contributed by atoms with Gasteiger partial charge in [0.25, 0.3) is 5.79 Å². The SMILES string of the molecule is CCCC1=Cc2c(ccc3ccccc23)OC12C=Cc1c(ccc3ccccc13)O2. The molecule has 4 aromatic rings. The quantitative estimate of drug-likeness (QED) is 0.356. The van der Waals surface area contributed by atoms with Crippen LogP contribution in [-0.4, -0.2) is 5.79 Å². The Morgan fingerprint density at radius 3 is 1.97 bits per heavy atom. The second kappa shape index (κ2) is 6.50. The van der Waals surface area contributed by atoms with E-state index in [2.05, 4.69) is 97.9 Å². The normalized spacial score (nSPS) is 19.2. The highest BCUT2D eigenvalue weighted by molar-refractivity contribution is 5.96. The van der Waals surface area contributed by atoms with Crippen molar-refractivity contribution in [2.24, 2.45) is 0 Å². The zero-order valence-electron chi connectivity index (χ0n) is 16.9. The molecule has 0 aromatic heterocycles. The Labute approximate surface area is 176 Å². The van der Waals surface area contributed by atoms with Gasteiger partial charge in [-0.2, -0.15) is 0 Å². The number of hydrogen-bond acceptors (Lipinski definition) is 2. The molecule has 2 aliphatic rings. The Bertz CT molecular complexity index is 1360. The van der Waals surface area contributed by atoms with Crippen molar-refractivity contribution in [3.05, 3.63) is 95.6 Å². The zero-order valence-corrected chi connectivity index (χ0v) is 16.9. The van der Waals surface area contributed by atoms with Crippen molar-refractivity contribution >= 4 is 33.7 Å². The summed E-state index contributed by atoms with van der Waals surface area (Å²) in [5.74, 6) is 0.839. The smallest absolute Gasteiger partial charge is 0.294 e. The third-order valence-corrected chi connectivity index (χ3v) is 6.14. The van der Waals surface area contributed by atoms with E-state index in [1.165, 1.54) is 21.5 Å². The summed E-state index contributed by atoms with van der Waals surface area (Å²) in [4.78, 5) is 0. The van der Waals surface area contributed by atoms with E-state index < -0.39 is 5.79 Å². The van der Waals surface area contributed by atoms with Gasteiger partial charge in [-0.1, -0.05) is 74.0 Å². The number of hydrogen-bond donors (Lipinski definition) is 0. The molecule has 30 heavy (non-hydrogen) atoms. The lowest BCUT2D eigenvalue weighted by atomic mass is 9.90. The summed E-state index contributed by atoms with van der Waals surface area (Å²) in [7, 11) is 0. The van der Waals surface area contributed by atoms with Crippen molar-refractivity contribution in [1.29, 1.82) is 0 Å². The van der Waals surface area contributed by atoms with Crippen LogP contribution in [-0.2, 0) is 0 Å². The van der Waals surface area contributed by atoms with Crippen LogP contribution >= 0.6 is 0 Å². The van der Waals surface area contributed by atoms with Crippen LogP contribution in [0.3, 0.4) is 0 Å². The lowest BCUT2D eigenvalue weighted by molar-refractivity contribution is -0.0434. The van der Waals surface area contributed by atoms with E-state index in [1.807, 2.05) is 0 Å². The van der Waals surface area contributed by atoms with E-state index in [0.29, 0.717) is 0 Å². The molecule has 1 atom stereocenters. The first-order chi connectivity index (χ1) is 14.8. The Morgan fingerprint density at radius 2 is 1.30 bits per heavy atom. The third kappa shape index (κ3) is 2.50. The average Bonchev–Trinajstić information content (AvgIpc) is 2.79. The molecule has 4 aromatic carbocycles. The first kappa shape index (κ1) is 17.3. The molecule has 0 amide bonds. The van der Waals surface area contributed by atoms with Crippen molar-refractivity contribution in [3.8, 4) is 11.5 Å². The van der Waals surface area contributed by atoms with Crippen molar-refractivity contribution < 1.29 is 9.47 Å². The highest BCUT2D eigenvalue weighted by Gasteiger charge is 2.42. The number of rotatable bonds is 2. The van der Waals surface area contributed by atoms with Gasteiger partial charge in [-0.3, -0.25) is 0 Å². The molecule has 0 N–H and O–H groups in total. The van der Waals surface area contributed by atoms with Crippen LogP contribution < -0.4 is 9.47 Å².